The highest BCUT2D eigenvalue weighted by molar-refractivity contribution is 8.76. The Balaban J connectivity index is 0.000000981. The first-order valence-electron chi connectivity index (χ1n) is 14.4. The van der Waals surface area contributed by atoms with Crippen LogP contribution >= 0.6 is 21.6 Å². The molecule has 26 heteroatoms. The zero-order valence-corrected chi connectivity index (χ0v) is 28.1. The summed E-state index contributed by atoms with van der Waals surface area (Å²) in [5.41, 5.74) is 16.3. The van der Waals surface area contributed by atoms with Crippen LogP contribution in [0.1, 0.15) is 25.7 Å². The molecule has 4 unspecified atom stereocenters. The van der Waals surface area contributed by atoms with Gasteiger partial charge in [0.1, 0.15) is 37.3 Å². The molecule has 0 radical (unpaired) electrons. The molecule has 4 amide bonds. The van der Waals surface area contributed by atoms with Gasteiger partial charge in [-0.3, -0.25) is 48.1 Å². The van der Waals surface area contributed by atoms with E-state index in [2.05, 4.69) is 41.2 Å². The summed E-state index contributed by atoms with van der Waals surface area (Å²) in [4.78, 5) is 116. The Labute approximate surface area is 294 Å². The van der Waals surface area contributed by atoms with Crippen LogP contribution in [-0.4, -0.2) is 137 Å². The number of carboxylic acid groups (broad SMARTS) is 4. The highest BCUT2D eigenvalue weighted by atomic mass is 33.1. The number of nitrogens with one attached hydrogen (secondary N) is 6. The molecular weight excluding hydrogens is 726 g/mol. The number of hydrogen-bond acceptors (Lipinski definition) is 16. The van der Waals surface area contributed by atoms with Crippen molar-refractivity contribution in [2.75, 3.05) is 30.3 Å². The van der Waals surface area contributed by atoms with Crippen LogP contribution in [0.15, 0.2) is 11.1 Å². The van der Waals surface area contributed by atoms with E-state index in [0.29, 0.717) is 11.2 Å². The zero-order valence-electron chi connectivity index (χ0n) is 26.4. The number of fused-ring (bicyclic) bond motifs is 1. The normalized spacial score (nSPS) is 12.9. The SMILES string of the molecule is NC(CCC(=O)NC(CSSCC(NC(=O)CCC(N)C(=O)O)C(=O)NCC(=O)O)C(=O)NCC(=O)O)C(=O)O.Nc1nc2nc[nH]c2c(=O)[nH]1. The van der Waals surface area contributed by atoms with Crippen molar-refractivity contribution in [1.29, 1.82) is 0 Å². The summed E-state index contributed by atoms with van der Waals surface area (Å²) in [6, 6.07) is -5.16. The average Bonchev–Trinajstić information content (AvgIpc) is 3.53. The molecule has 0 fully saturated rings. The van der Waals surface area contributed by atoms with Gasteiger partial charge >= 0.3 is 23.9 Å². The average molecular weight is 764 g/mol. The number of aromatic nitrogens is 4. The van der Waals surface area contributed by atoms with Crippen molar-refractivity contribution in [3.8, 4) is 0 Å². The number of amides is 4. The van der Waals surface area contributed by atoms with Gasteiger partial charge in [-0.2, -0.15) is 4.98 Å². The van der Waals surface area contributed by atoms with Crippen LogP contribution < -0.4 is 44.0 Å². The fraction of sp³-hybridized carbons (Fsp3) is 0.480. The lowest BCUT2D eigenvalue weighted by atomic mass is 10.1. The number of carbonyl (C=O) groups is 8. The van der Waals surface area contributed by atoms with E-state index in [0.717, 1.165) is 21.6 Å². The summed E-state index contributed by atoms with van der Waals surface area (Å²) < 4.78 is 0. The molecule has 282 valence electrons. The monoisotopic (exact) mass is 763 g/mol. The molecule has 0 spiro atoms. The number of carboxylic acids is 4. The minimum Gasteiger partial charge on any atom is -0.480 e. The second-order valence-corrected chi connectivity index (χ2v) is 12.6. The van der Waals surface area contributed by atoms with E-state index in [1.54, 1.807) is 0 Å². The number of nitrogens with zero attached hydrogens (tertiary/aromatic N) is 2. The van der Waals surface area contributed by atoms with E-state index < -0.39 is 84.8 Å². The molecule has 0 saturated carbocycles. The number of anilines is 1. The van der Waals surface area contributed by atoms with Gasteiger partial charge in [0, 0.05) is 24.3 Å². The quantitative estimate of drug-likeness (QED) is 0.0420. The number of hydrogen-bond donors (Lipinski definition) is 13. The molecule has 0 aromatic carbocycles. The Bertz CT molecular complexity index is 1550. The molecule has 2 heterocycles. The Kier molecular flexibility index (Phi) is 19.0. The third-order valence-electron chi connectivity index (χ3n) is 6.00. The van der Waals surface area contributed by atoms with Crippen LogP contribution in [0.25, 0.3) is 11.2 Å². The summed E-state index contributed by atoms with van der Waals surface area (Å²) in [6.07, 6.45) is 0.272. The first-order valence-corrected chi connectivity index (χ1v) is 16.9. The standard InChI is InChI=1S/C20H32N6O12S2.C5H5N5O/c21-9(19(35)36)1-3-13(27)25-11(17(33)23-5-15(29)30)7-39-40-8-12(18(34)24-6-16(31)32)26-14(28)4-2-10(22)20(37)38;6-5-9-3-2(4(11)10-5)7-1-8-3/h9-12H,1-8,21-22H2,(H,23,33)(H,24,34)(H,25,27)(H,26,28)(H,29,30)(H,31,32)(H,35,36)(H,37,38);1H,(H4,6,7,8,9,10,11). The van der Waals surface area contributed by atoms with E-state index in [1.807, 2.05) is 0 Å². The molecule has 2 aromatic rings. The highest BCUT2D eigenvalue weighted by Crippen LogP contribution is 2.23. The van der Waals surface area contributed by atoms with Gasteiger partial charge in [0.2, 0.25) is 29.6 Å². The largest absolute Gasteiger partial charge is 0.480 e. The molecule has 0 aliphatic rings. The Morgan fingerprint density at radius 1 is 0.765 bits per heavy atom. The molecule has 0 aliphatic carbocycles. The van der Waals surface area contributed by atoms with E-state index in [-0.39, 0.29) is 48.7 Å². The number of imidazole rings is 1. The summed E-state index contributed by atoms with van der Waals surface area (Å²) >= 11 is 0. The Morgan fingerprint density at radius 3 is 1.59 bits per heavy atom. The third kappa shape index (κ3) is 17.7. The molecular formula is C25H37N11O13S2. The molecule has 0 bridgehead atoms. The van der Waals surface area contributed by atoms with Crippen molar-refractivity contribution >= 4 is 86.2 Å². The topological polar surface area (TPSA) is 418 Å². The summed E-state index contributed by atoms with van der Waals surface area (Å²) in [6.45, 7) is -1.48. The maximum absolute atomic E-state index is 12.4. The van der Waals surface area contributed by atoms with E-state index in [1.165, 1.54) is 6.33 Å². The maximum Gasteiger partial charge on any atom is 0.322 e. The van der Waals surface area contributed by atoms with E-state index in [4.69, 9.17) is 37.6 Å². The van der Waals surface area contributed by atoms with Gasteiger partial charge in [-0.05, 0) is 12.8 Å². The molecule has 24 nitrogen and oxygen atoms in total. The van der Waals surface area contributed by atoms with Crippen LogP contribution in [0.5, 0.6) is 0 Å². The molecule has 16 N–H and O–H groups in total. The Hall–Kier alpha value is -5.47. The molecule has 0 saturated heterocycles. The predicted octanol–water partition coefficient (Wildman–Crippen LogP) is -4.65. The van der Waals surface area contributed by atoms with Crippen LogP contribution in [0.2, 0.25) is 0 Å². The van der Waals surface area contributed by atoms with Crippen molar-refractivity contribution in [3.05, 3.63) is 16.7 Å². The lowest BCUT2D eigenvalue weighted by Crippen LogP contribution is -2.50. The van der Waals surface area contributed by atoms with Crippen LogP contribution in [0.4, 0.5) is 5.95 Å². The van der Waals surface area contributed by atoms with Crippen molar-refractivity contribution in [1.82, 2.24) is 41.2 Å². The number of aliphatic carboxylic acids is 4. The van der Waals surface area contributed by atoms with E-state index in [9.17, 15) is 43.2 Å². The lowest BCUT2D eigenvalue weighted by Gasteiger charge is -2.20. The fourth-order valence-electron chi connectivity index (χ4n) is 3.38. The van der Waals surface area contributed by atoms with Gasteiger partial charge in [0.25, 0.3) is 5.56 Å². The van der Waals surface area contributed by atoms with Gasteiger partial charge in [-0.15, -0.1) is 0 Å². The van der Waals surface area contributed by atoms with Crippen molar-refractivity contribution in [3.63, 3.8) is 0 Å². The molecule has 0 aliphatic heterocycles. The fourth-order valence-corrected chi connectivity index (χ4v) is 5.71. The smallest absolute Gasteiger partial charge is 0.322 e. The van der Waals surface area contributed by atoms with Gasteiger partial charge in [0.05, 0.1) is 6.33 Å². The van der Waals surface area contributed by atoms with Crippen LogP contribution in [0.3, 0.4) is 0 Å². The number of H-pyrrole nitrogens is 2. The first-order chi connectivity index (χ1) is 23.9. The lowest BCUT2D eigenvalue weighted by molar-refractivity contribution is -0.140. The van der Waals surface area contributed by atoms with Crippen molar-refractivity contribution in [2.45, 2.75) is 49.9 Å². The zero-order chi connectivity index (χ0) is 38.7. The molecule has 4 atom stereocenters. The number of nitrogen functional groups attached to an aromatic ring is 1. The number of carbonyl (C=O) groups excluding carboxylic acids is 4. The molecule has 2 rings (SSSR count). The number of rotatable bonds is 21. The Morgan fingerprint density at radius 2 is 1.20 bits per heavy atom. The molecule has 2 aromatic heterocycles. The van der Waals surface area contributed by atoms with Crippen LogP contribution in [-0.2, 0) is 38.4 Å². The summed E-state index contributed by atoms with van der Waals surface area (Å²) in [5, 5.41) is 44.1. The highest BCUT2D eigenvalue weighted by Gasteiger charge is 2.25. The van der Waals surface area contributed by atoms with Gasteiger partial charge in [-0.25, -0.2) is 4.98 Å². The second-order valence-electron chi connectivity index (χ2n) is 10.1. The maximum atomic E-state index is 12.4. The summed E-state index contributed by atoms with van der Waals surface area (Å²) in [5.74, 6) is -8.74. The third-order valence-corrected chi connectivity index (χ3v) is 8.42. The second kappa shape index (κ2) is 22.3. The first kappa shape index (κ1) is 43.6. The van der Waals surface area contributed by atoms with Crippen LogP contribution in [0, 0.1) is 0 Å². The van der Waals surface area contributed by atoms with E-state index >= 15 is 0 Å². The minimum absolute atomic E-state index is 0.0783. The molecule has 51 heavy (non-hydrogen) atoms. The van der Waals surface area contributed by atoms with Gasteiger partial charge < -0.3 is 63.9 Å². The van der Waals surface area contributed by atoms with Gasteiger partial charge in [-0.1, -0.05) is 21.6 Å². The minimum atomic E-state index is -1.34. The number of aromatic amines is 2. The van der Waals surface area contributed by atoms with Gasteiger partial charge in [0.15, 0.2) is 11.2 Å². The van der Waals surface area contributed by atoms with Crippen molar-refractivity contribution in [2.24, 2.45) is 11.5 Å². The summed E-state index contributed by atoms with van der Waals surface area (Å²) in [7, 11) is 1.89. The predicted molar refractivity (Wildman–Crippen MR) is 179 cm³/mol. The number of nitrogens with two attached hydrogens (primary N) is 3. The van der Waals surface area contributed by atoms with Crippen molar-refractivity contribution < 1.29 is 58.8 Å².